The molecule has 0 saturated carbocycles. The minimum absolute atomic E-state index is 0.294. The lowest BCUT2D eigenvalue weighted by Gasteiger charge is -2.32. The second kappa shape index (κ2) is 4.29. The smallest absolute Gasteiger partial charge is 0.120 e. The van der Waals surface area contributed by atoms with E-state index in [4.69, 9.17) is 0 Å². The summed E-state index contributed by atoms with van der Waals surface area (Å²) in [6, 6.07) is 0. The summed E-state index contributed by atoms with van der Waals surface area (Å²) in [4.78, 5) is 10.4. The van der Waals surface area contributed by atoms with E-state index < -0.39 is 0 Å². The maximum Gasteiger partial charge on any atom is 0.120 e. The molecule has 1 rings (SSSR count). The molecule has 1 atom stereocenters. The monoisotopic (exact) mass is 194 g/mol. The van der Waals surface area contributed by atoms with Gasteiger partial charge in [-0.1, -0.05) is 25.0 Å². The first kappa shape index (κ1) is 11.5. The first-order chi connectivity index (χ1) is 6.49. The largest absolute Gasteiger partial charge is 0.303 e. The molecule has 0 aromatic carbocycles. The predicted octanol–water partition coefficient (Wildman–Crippen LogP) is 3.74. The molecule has 14 heavy (non-hydrogen) atoms. The van der Waals surface area contributed by atoms with Crippen molar-refractivity contribution < 1.29 is 4.79 Å². The Morgan fingerprint density at radius 1 is 1.43 bits per heavy atom. The summed E-state index contributed by atoms with van der Waals surface area (Å²) in [7, 11) is 0. The molecule has 0 bridgehead atoms. The van der Waals surface area contributed by atoms with Crippen molar-refractivity contribution in [3.05, 3.63) is 11.1 Å². The average Bonchev–Trinajstić information content (AvgIpc) is 2.45. The Balaban J connectivity index is 2.68. The van der Waals surface area contributed by atoms with Crippen LogP contribution in [0.2, 0.25) is 0 Å². The summed E-state index contributed by atoms with van der Waals surface area (Å²) in [5.74, 6) is 0.697. The van der Waals surface area contributed by atoms with Crippen molar-refractivity contribution >= 4 is 6.29 Å². The summed E-state index contributed by atoms with van der Waals surface area (Å²) in [6.07, 6.45) is 5.30. The van der Waals surface area contributed by atoms with Gasteiger partial charge < -0.3 is 4.79 Å². The zero-order valence-corrected chi connectivity index (χ0v) is 9.89. The van der Waals surface area contributed by atoms with Crippen LogP contribution >= 0.6 is 0 Å². The lowest BCUT2D eigenvalue weighted by Crippen LogP contribution is -2.23. The van der Waals surface area contributed by atoms with Crippen LogP contribution in [0.4, 0.5) is 0 Å². The van der Waals surface area contributed by atoms with Crippen molar-refractivity contribution in [2.45, 2.75) is 53.4 Å². The van der Waals surface area contributed by atoms with Gasteiger partial charge in [0.05, 0.1) is 0 Å². The average molecular weight is 194 g/mol. The van der Waals surface area contributed by atoms with Gasteiger partial charge in [-0.15, -0.1) is 0 Å². The van der Waals surface area contributed by atoms with Crippen LogP contribution in [0.5, 0.6) is 0 Å². The van der Waals surface area contributed by atoms with Crippen molar-refractivity contribution in [3.8, 4) is 0 Å². The number of allylic oxidation sites excluding steroid dienone is 2. The highest BCUT2D eigenvalue weighted by Gasteiger charge is 2.33. The maximum atomic E-state index is 10.4. The predicted molar refractivity (Wildman–Crippen MR) is 60.2 cm³/mol. The second-order valence-electron chi connectivity index (χ2n) is 5.25. The Labute approximate surface area is 87.6 Å². The maximum absolute atomic E-state index is 10.4. The molecule has 0 N–H and O–H groups in total. The summed E-state index contributed by atoms with van der Waals surface area (Å²) in [5, 5.41) is 0. The number of carbonyl (C=O) groups is 1. The fraction of sp³-hybridized carbons (Fsp3) is 0.769. The molecule has 1 heteroatoms. The number of aldehydes is 1. The molecule has 0 fully saturated rings. The van der Waals surface area contributed by atoms with Crippen molar-refractivity contribution in [2.75, 3.05) is 0 Å². The summed E-state index contributed by atoms with van der Waals surface area (Å²) in [5.41, 5.74) is 3.43. The fourth-order valence-electron chi connectivity index (χ4n) is 2.65. The van der Waals surface area contributed by atoms with E-state index in [9.17, 15) is 4.79 Å². The summed E-state index contributed by atoms with van der Waals surface area (Å²) >= 11 is 0. The lowest BCUT2D eigenvalue weighted by molar-refractivity contribution is -0.108. The molecule has 0 aliphatic heterocycles. The topological polar surface area (TPSA) is 17.1 Å². The van der Waals surface area contributed by atoms with Gasteiger partial charge in [-0.3, -0.25) is 0 Å². The zero-order valence-electron chi connectivity index (χ0n) is 9.89. The van der Waals surface area contributed by atoms with Crippen LogP contribution < -0.4 is 0 Å². The first-order valence-corrected chi connectivity index (χ1v) is 5.59. The van der Waals surface area contributed by atoms with E-state index in [1.807, 2.05) is 0 Å². The van der Waals surface area contributed by atoms with Gasteiger partial charge in [0, 0.05) is 6.42 Å². The van der Waals surface area contributed by atoms with E-state index in [2.05, 4.69) is 27.7 Å². The molecule has 0 saturated heterocycles. The van der Waals surface area contributed by atoms with Crippen LogP contribution in [0.25, 0.3) is 0 Å². The second-order valence-corrected chi connectivity index (χ2v) is 5.25. The number of carbonyl (C=O) groups excluding carboxylic acids is 1. The molecule has 0 spiro atoms. The molecule has 0 aromatic rings. The van der Waals surface area contributed by atoms with Crippen molar-refractivity contribution in [1.29, 1.82) is 0 Å². The Hall–Kier alpha value is -0.590. The third kappa shape index (κ3) is 2.26. The van der Waals surface area contributed by atoms with E-state index in [1.54, 1.807) is 11.1 Å². The number of rotatable bonds is 4. The Morgan fingerprint density at radius 2 is 2.07 bits per heavy atom. The summed E-state index contributed by atoms with van der Waals surface area (Å²) in [6.45, 7) is 9.09. The molecular formula is C13H22O. The normalized spacial score (nSPS) is 23.0. The van der Waals surface area contributed by atoms with Gasteiger partial charge in [-0.2, -0.15) is 0 Å². The standard InChI is InChI=1S/C13H22O/c1-10-6-7-12(11(10)2)13(3,4)8-5-9-14/h9,12H,5-8H2,1-4H3. The van der Waals surface area contributed by atoms with E-state index in [1.165, 1.54) is 12.8 Å². The van der Waals surface area contributed by atoms with E-state index in [-0.39, 0.29) is 0 Å². The van der Waals surface area contributed by atoms with Gasteiger partial charge in [0.1, 0.15) is 6.29 Å². The molecule has 0 heterocycles. The molecule has 0 aromatic heterocycles. The van der Waals surface area contributed by atoms with Crippen molar-refractivity contribution in [1.82, 2.24) is 0 Å². The van der Waals surface area contributed by atoms with Crippen LogP contribution in [-0.4, -0.2) is 6.29 Å². The number of hydrogen-bond acceptors (Lipinski definition) is 1. The minimum Gasteiger partial charge on any atom is -0.303 e. The highest BCUT2D eigenvalue weighted by atomic mass is 16.1. The lowest BCUT2D eigenvalue weighted by atomic mass is 9.72. The molecule has 1 aliphatic carbocycles. The van der Waals surface area contributed by atoms with Gasteiger partial charge in [-0.25, -0.2) is 0 Å². The van der Waals surface area contributed by atoms with Crippen molar-refractivity contribution in [2.24, 2.45) is 11.3 Å². The SMILES string of the molecule is CC1=C(C)C(C(C)(C)CCC=O)CC1. The quantitative estimate of drug-likeness (QED) is 0.492. The van der Waals surface area contributed by atoms with Gasteiger partial charge in [0.15, 0.2) is 0 Å². The van der Waals surface area contributed by atoms with Crippen LogP contribution in [0.1, 0.15) is 53.4 Å². The minimum atomic E-state index is 0.294. The molecule has 1 unspecified atom stereocenters. The number of hydrogen-bond donors (Lipinski definition) is 0. The van der Waals surface area contributed by atoms with Crippen molar-refractivity contribution in [3.63, 3.8) is 0 Å². The highest BCUT2D eigenvalue weighted by molar-refractivity contribution is 5.49. The van der Waals surface area contributed by atoms with Gasteiger partial charge in [0.25, 0.3) is 0 Å². The van der Waals surface area contributed by atoms with Crippen LogP contribution in [0.15, 0.2) is 11.1 Å². The molecule has 0 radical (unpaired) electrons. The van der Waals surface area contributed by atoms with E-state index in [0.29, 0.717) is 17.8 Å². The molecule has 80 valence electrons. The van der Waals surface area contributed by atoms with Crippen LogP contribution in [-0.2, 0) is 4.79 Å². The van der Waals surface area contributed by atoms with E-state index >= 15 is 0 Å². The molecule has 0 amide bonds. The Kier molecular flexibility index (Phi) is 3.52. The highest BCUT2D eigenvalue weighted by Crippen LogP contribution is 2.45. The third-order valence-electron chi connectivity index (χ3n) is 3.85. The van der Waals surface area contributed by atoms with Crippen LogP contribution in [0, 0.1) is 11.3 Å². The van der Waals surface area contributed by atoms with E-state index in [0.717, 1.165) is 12.7 Å². The Bertz CT molecular complexity index is 248. The van der Waals surface area contributed by atoms with Gasteiger partial charge >= 0.3 is 0 Å². The summed E-state index contributed by atoms with van der Waals surface area (Å²) < 4.78 is 0. The molecule has 1 nitrogen and oxygen atoms in total. The zero-order chi connectivity index (χ0) is 10.8. The fourth-order valence-corrected chi connectivity index (χ4v) is 2.65. The molecule has 1 aliphatic rings. The Morgan fingerprint density at radius 3 is 2.50 bits per heavy atom. The third-order valence-corrected chi connectivity index (χ3v) is 3.85. The molecular weight excluding hydrogens is 172 g/mol. The van der Waals surface area contributed by atoms with Gasteiger partial charge in [-0.05, 0) is 44.4 Å². The van der Waals surface area contributed by atoms with Gasteiger partial charge in [0.2, 0.25) is 0 Å². The first-order valence-electron chi connectivity index (χ1n) is 5.59. The van der Waals surface area contributed by atoms with Crippen LogP contribution in [0.3, 0.4) is 0 Å².